The molecule has 1 aliphatic rings. The van der Waals surface area contributed by atoms with E-state index >= 15 is 0 Å². The van der Waals surface area contributed by atoms with Crippen molar-refractivity contribution in [3.8, 4) is 0 Å². The molecule has 152 valence electrons. The first-order valence-corrected chi connectivity index (χ1v) is 10.9. The number of nitrogens with zero attached hydrogens (tertiary/aromatic N) is 2. The summed E-state index contributed by atoms with van der Waals surface area (Å²) in [7, 11) is 0. The third-order valence-electron chi connectivity index (χ3n) is 6.05. The topological polar surface area (TPSA) is 42.4 Å². The van der Waals surface area contributed by atoms with Crippen LogP contribution < -0.4 is 4.90 Å². The quantitative estimate of drug-likeness (QED) is 0.575. The number of benzene rings is 1. The Bertz CT molecular complexity index is 781. The van der Waals surface area contributed by atoms with Crippen LogP contribution in [0.5, 0.6) is 0 Å². The van der Waals surface area contributed by atoms with Gasteiger partial charge < -0.3 is 9.64 Å². The second-order valence-corrected chi connectivity index (χ2v) is 7.95. The second-order valence-electron chi connectivity index (χ2n) is 7.95. The Morgan fingerprint density at radius 1 is 1.11 bits per heavy atom. The van der Waals surface area contributed by atoms with Gasteiger partial charge in [0, 0.05) is 24.9 Å². The molecule has 1 heterocycles. The largest absolute Gasteiger partial charge is 0.466 e. The maximum atomic E-state index is 11.7. The summed E-state index contributed by atoms with van der Waals surface area (Å²) < 4.78 is 5.12. The molecule has 0 saturated heterocycles. The Morgan fingerprint density at radius 2 is 1.82 bits per heavy atom. The third-order valence-corrected chi connectivity index (χ3v) is 6.05. The van der Waals surface area contributed by atoms with E-state index in [9.17, 15) is 4.79 Å². The predicted molar refractivity (Wildman–Crippen MR) is 116 cm³/mol. The zero-order valence-electron chi connectivity index (χ0n) is 17.6. The number of hydrogen-bond acceptors (Lipinski definition) is 4. The molecule has 0 aliphatic heterocycles. The summed E-state index contributed by atoms with van der Waals surface area (Å²) in [5, 5.41) is 1.22. The monoisotopic (exact) mass is 382 g/mol. The molecule has 0 unspecified atom stereocenters. The average molecular weight is 383 g/mol. The summed E-state index contributed by atoms with van der Waals surface area (Å²) >= 11 is 0. The van der Waals surface area contributed by atoms with Crippen LogP contribution in [0.25, 0.3) is 10.9 Å². The highest BCUT2D eigenvalue weighted by Gasteiger charge is 2.25. The van der Waals surface area contributed by atoms with Crippen LogP contribution >= 0.6 is 0 Å². The second kappa shape index (κ2) is 9.90. The van der Waals surface area contributed by atoms with Gasteiger partial charge in [0.2, 0.25) is 0 Å². The molecule has 0 N–H and O–H groups in total. The molecule has 0 bridgehead atoms. The number of rotatable bonds is 8. The minimum absolute atomic E-state index is 0.0333. The van der Waals surface area contributed by atoms with Gasteiger partial charge in [-0.05, 0) is 75.5 Å². The summed E-state index contributed by atoms with van der Waals surface area (Å²) in [6, 6.07) is 10.7. The first-order valence-electron chi connectivity index (χ1n) is 10.9. The number of carbonyl (C=O) groups is 1. The molecule has 3 rings (SSSR count). The van der Waals surface area contributed by atoms with Crippen LogP contribution in [-0.4, -0.2) is 30.6 Å². The van der Waals surface area contributed by atoms with Crippen molar-refractivity contribution in [3.05, 3.63) is 35.9 Å². The van der Waals surface area contributed by atoms with E-state index in [-0.39, 0.29) is 5.97 Å². The molecule has 2 aromatic rings. The fourth-order valence-electron chi connectivity index (χ4n) is 4.43. The normalized spacial score (nSPS) is 19.5. The highest BCUT2D eigenvalue weighted by molar-refractivity contribution is 5.81. The fourth-order valence-corrected chi connectivity index (χ4v) is 4.43. The molecule has 4 heteroatoms. The zero-order valence-corrected chi connectivity index (χ0v) is 17.6. The van der Waals surface area contributed by atoms with Crippen LogP contribution in [0, 0.1) is 11.8 Å². The van der Waals surface area contributed by atoms with Crippen molar-refractivity contribution < 1.29 is 9.53 Å². The Balaban J connectivity index is 1.65. The molecule has 28 heavy (non-hydrogen) atoms. The standard InChI is InChI=1S/C24H34N2O2/c1-4-20-16-21-9-7-8-10-22(21)25-24(20)26(5-2)17-19-13-11-18(12-14-19)15-23(27)28-6-3/h7-10,16,18-19H,4-6,11-15,17H2,1-3H3. The molecular weight excluding hydrogens is 348 g/mol. The summed E-state index contributed by atoms with van der Waals surface area (Å²) in [5.41, 5.74) is 2.41. The highest BCUT2D eigenvalue weighted by atomic mass is 16.5. The van der Waals surface area contributed by atoms with Crippen LogP contribution in [0.15, 0.2) is 30.3 Å². The first-order chi connectivity index (χ1) is 13.6. The van der Waals surface area contributed by atoms with Crippen LogP contribution in [0.1, 0.15) is 58.4 Å². The van der Waals surface area contributed by atoms with E-state index in [2.05, 4.69) is 49.1 Å². The molecule has 1 aromatic heterocycles. The zero-order chi connectivity index (χ0) is 19.9. The van der Waals surface area contributed by atoms with Crippen molar-refractivity contribution in [1.29, 1.82) is 0 Å². The van der Waals surface area contributed by atoms with Crippen molar-refractivity contribution in [2.75, 3.05) is 24.6 Å². The van der Waals surface area contributed by atoms with Gasteiger partial charge in [0.05, 0.1) is 12.1 Å². The number of fused-ring (bicyclic) bond motifs is 1. The summed E-state index contributed by atoms with van der Waals surface area (Å²) in [4.78, 5) is 19.2. The van der Waals surface area contributed by atoms with E-state index in [4.69, 9.17) is 9.72 Å². The number of carbonyl (C=O) groups excluding carboxylic acids is 1. The molecule has 0 spiro atoms. The number of aromatic nitrogens is 1. The Morgan fingerprint density at radius 3 is 2.50 bits per heavy atom. The number of aryl methyl sites for hydroxylation is 1. The van der Waals surface area contributed by atoms with Crippen molar-refractivity contribution in [2.24, 2.45) is 11.8 Å². The lowest BCUT2D eigenvalue weighted by molar-refractivity contribution is -0.144. The SMILES string of the molecule is CCOC(=O)CC1CCC(CN(CC)c2nc3ccccc3cc2CC)CC1. The lowest BCUT2D eigenvalue weighted by Crippen LogP contribution is -2.33. The van der Waals surface area contributed by atoms with Crippen molar-refractivity contribution in [1.82, 2.24) is 4.98 Å². The number of hydrogen-bond donors (Lipinski definition) is 0. The Hall–Kier alpha value is -2.10. The van der Waals surface area contributed by atoms with E-state index in [1.807, 2.05) is 6.92 Å². The molecule has 4 nitrogen and oxygen atoms in total. The minimum Gasteiger partial charge on any atom is -0.466 e. The molecule has 0 radical (unpaired) electrons. The number of ether oxygens (including phenoxy) is 1. The van der Waals surface area contributed by atoms with E-state index < -0.39 is 0 Å². The van der Waals surface area contributed by atoms with Gasteiger partial charge in [-0.25, -0.2) is 4.98 Å². The van der Waals surface area contributed by atoms with Crippen LogP contribution in [-0.2, 0) is 16.0 Å². The maximum Gasteiger partial charge on any atom is 0.306 e. The lowest BCUT2D eigenvalue weighted by Gasteiger charge is -2.33. The maximum absolute atomic E-state index is 11.7. The lowest BCUT2D eigenvalue weighted by atomic mass is 9.80. The number of pyridine rings is 1. The van der Waals surface area contributed by atoms with Crippen molar-refractivity contribution in [2.45, 2.75) is 59.3 Å². The smallest absolute Gasteiger partial charge is 0.306 e. The summed E-state index contributed by atoms with van der Waals surface area (Å²) in [5.74, 6) is 2.29. The van der Waals surface area contributed by atoms with Gasteiger partial charge in [0.1, 0.15) is 5.82 Å². The van der Waals surface area contributed by atoms with Gasteiger partial charge >= 0.3 is 5.97 Å². The fraction of sp³-hybridized carbons (Fsp3) is 0.583. The summed E-state index contributed by atoms with van der Waals surface area (Å²) in [6.07, 6.45) is 6.23. The highest BCUT2D eigenvalue weighted by Crippen LogP contribution is 2.33. The Kier molecular flexibility index (Phi) is 7.30. The van der Waals surface area contributed by atoms with Gasteiger partial charge in [-0.15, -0.1) is 0 Å². The molecule has 1 aromatic carbocycles. The van der Waals surface area contributed by atoms with Crippen molar-refractivity contribution in [3.63, 3.8) is 0 Å². The van der Waals surface area contributed by atoms with Gasteiger partial charge in [-0.1, -0.05) is 25.1 Å². The minimum atomic E-state index is -0.0333. The van der Waals surface area contributed by atoms with Gasteiger partial charge in [0.15, 0.2) is 0 Å². The third kappa shape index (κ3) is 5.03. The van der Waals surface area contributed by atoms with E-state index in [0.29, 0.717) is 24.9 Å². The van der Waals surface area contributed by atoms with E-state index in [0.717, 1.165) is 43.7 Å². The van der Waals surface area contributed by atoms with Crippen LogP contribution in [0.3, 0.4) is 0 Å². The first kappa shape index (κ1) is 20.6. The predicted octanol–water partition coefficient (Wildman–Crippen LogP) is 5.38. The molecule has 0 atom stereocenters. The van der Waals surface area contributed by atoms with Gasteiger partial charge in [0.25, 0.3) is 0 Å². The van der Waals surface area contributed by atoms with Crippen LogP contribution in [0.4, 0.5) is 5.82 Å². The Labute approximate surface area is 169 Å². The van der Waals surface area contributed by atoms with Gasteiger partial charge in [-0.2, -0.15) is 0 Å². The number of anilines is 1. The van der Waals surface area contributed by atoms with Crippen molar-refractivity contribution >= 4 is 22.7 Å². The van der Waals surface area contributed by atoms with Gasteiger partial charge in [-0.3, -0.25) is 4.79 Å². The molecule has 1 saturated carbocycles. The average Bonchev–Trinajstić information content (AvgIpc) is 2.72. The van der Waals surface area contributed by atoms with E-state index in [1.54, 1.807) is 0 Å². The number of esters is 1. The summed E-state index contributed by atoms with van der Waals surface area (Å²) in [6.45, 7) is 8.83. The molecular formula is C24H34N2O2. The number of para-hydroxylation sites is 1. The molecule has 1 aliphatic carbocycles. The van der Waals surface area contributed by atoms with E-state index in [1.165, 1.54) is 23.8 Å². The molecule has 1 fully saturated rings. The molecule has 0 amide bonds. The van der Waals surface area contributed by atoms with Crippen LogP contribution in [0.2, 0.25) is 0 Å².